The minimum Gasteiger partial charge on any atom is -0.281 e. The average Bonchev–Trinajstić information content (AvgIpc) is 2.36. The van der Waals surface area contributed by atoms with Crippen LogP contribution in [0.4, 0.5) is 0 Å². The summed E-state index contributed by atoms with van der Waals surface area (Å²) in [5, 5.41) is 0. The van der Waals surface area contributed by atoms with Crippen LogP contribution in [-0.4, -0.2) is 20.4 Å². The van der Waals surface area contributed by atoms with E-state index in [1.807, 2.05) is 6.08 Å². The Labute approximate surface area is 107 Å². The second-order valence-electron chi connectivity index (χ2n) is 2.33. The van der Waals surface area contributed by atoms with E-state index in [1.54, 1.807) is 0 Å². The first-order valence-corrected chi connectivity index (χ1v) is 4.93. The van der Waals surface area contributed by atoms with Crippen LogP contribution in [0.2, 0.25) is 0 Å². The third kappa shape index (κ3) is 52.0. The summed E-state index contributed by atoms with van der Waals surface area (Å²) in [7, 11) is 0. The topological polar surface area (TPSA) is 51.2 Å². The van der Waals surface area contributed by atoms with Crippen molar-refractivity contribution in [2.45, 2.75) is 32.6 Å². The van der Waals surface area contributed by atoms with Gasteiger partial charge in [0, 0.05) is 0 Å². The summed E-state index contributed by atoms with van der Waals surface area (Å²) in [6.45, 7) is 19.4. The summed E-state index contributed by atoms with van der Waals surface area (Å²) in [5.41, 5.74) is 0. The largest absolute Gasteiger partial charge is 0.281 e. The minimum absolute atomic E-state index is 0.900. The van der Waals surface area contributed by atoms with Crippen LogP contribution in [0.25, 0.3) is 0 Å². The molecule has 0 aliphatic heterocycles. The Hall–Kier alpha value is -0.991. The van der Waals surface area contributed by atoms with Crippen molar-refractivity contribution in [1.82, 2.24) is 0 Å². The Morgan fingerprint density at radius 1 is 1.12 bits per heavy atom. The molecule has 0 N–H and O–H groups in total. The predicted octanol–water partition coefficient (Wildman–Crippen LogP) is 1.99. The summed E-state index contributed by atoms with van der Waals surface area (Å²) < 4.78 is 0.900. The first kappa shape index (κ1) is 24.3. The van der Waals surface area contributed by atoms with Crippen molar-refractivity contribution in [3.05, 3.63) is 23.2 Å². The molecule has 0 amide bonds. The van der Waals surface area contributed by atoms with E-state index in [-0.39, 0.29) is 0 Å². The molecule has 0 spiro atoms. The standard InChI is InChI=1S/C9H15.3CO.Fe/c1-3-5-7-9-8-6-4-2;3*1-2;/h5,7H,1,4,6,8-9H2,2H3;;;;/b7-5+;;;;. The SMILES string of the molecule is C=[C]([Fe])/C=C/CCCCC.[C]=O.[C]=O.[C]=O. The smallest absolute Gasteiger partial charge is 0.281 e. The van der Waals surface area contributed by atoms with Crippen LogP contribution >= 0.6 is 0 Å². The number of carbonyl (C=O) groups excluding carboxylic acids is 3. The molecule has 0 aliphatic rings. The fraction of sp³-hybridized carbons (Fsp3) is 0.417. The van der Waals surface area contributed by atoms with Crippen molar-refractivity contribution in [2.75, 3.05) is 0 Å². The zero-order valence-electron chi connectivity index (χ0n) is 9.27. The number of hydrogen-bond donors (Lipinski definition) is 0. The monoisotopic (exact) mass is 263 g/mol. The molecule has 3 nitrogen and oxygen atoms in total. The minimum atomic E-state index is 0.900. The molecular formula is C12H15FeO3. The summed E-state index contributed by atoms with van der Waals surface area (Å²) in [4.78, 5) is 22.5. The molecular weight excluding hydrogens is 248 g/mol. The van der Waals surface area contributed by atoms with Crippen LogP contribution < -0.4 is 0 Å². The molecule has 0 rings (SSSR count). The van der Waals surface area contributed by atoms with Gasteiger partial charge in [0.25, 0.3) is 20.4 Å². The Bertz CT molecular complexity index is 154. The van der Waals surface area contributed by atoms with Crippen molar-refractivity contribution in [2.24, 2.45) is 0 Å². The van der Waals surface area contributed by atoms with Crippen molar-refractivity contribution < 1.29 is 30.4 Å². The van der Waals surface area contributed by atoms with E-state index >= 15 is 0 Å². The number of rotatable bonds is 5. The van der Waals surface area contributed by atoms with Gasteiger partial charge in [-0.3, -0.25) is 14.4 Å². The van der Waals surface area contributed by atoms with E-state index in [1.165, 1.54) is 25.7 Å². The van der Waals surface area contributed by atoms with Crippen molar-refractivity contribution in [3.63, 3.8) is 0 Å². The van der Waals surface area contributed by atoms with E-state index in [9.17, 15) is 0 Å². The van der Waals surface area contributed by atoms with Gasteiger partial charge in [-0.2, -0.15) is 0 Å². The van der Waals surface area contributed by atoms with Gasteiger partial charge in [-0.05, 0) is 0 Å². The summed E-state index contributed by atoms with van der Waals surface area (Å²) in [6, 6.07) is 0. The van der Waals surface area contributed by atoms with Gasteiger partial charge >= 0.3 is 71.8 Å². The molecule has 0 aromatic carbocycles. The first-order valence-electron chi connectivity index (χ1n) is 4.38. The van der Waals surface area contributed by atoms with Gasteiger partial charge in [0.1, 0.15) is 0 Å². The predicted molar refractivity (Wildman–Crippen MR) is 59.5 cm³/mol. The van der Waals surface area contributed by atoms with E-state index in [0.29, 0.717) is 0 Å². The molecule has 0 bridgehead atoms. The zero-order chi connectivity index (χ0) is 13.8. The van der Waals surface area contributed by atoms with Gasteiger partial charge in [0.2, 0.25) is 0 Å². The number of allylic oxidation sites excluding steroid dienone is 3. The molecule has 0 saturated heterocycles. The average molecular weight is 263 g/mol. The number of hydrogen-bond acceptors (Lipinski definition) is 3. The van der Waals surface area contributed by atoms with Crippen molar-refractivity contribution in [1.29, 1.82) is 0 Å². The third-order valence-corrected chi connectivity index (χ3v) is 1.45. The van der Waals surface area contributed by atoms with Gasteiger partial charge < -0.3 is 0 Å². The maximum atomic E-state index is 7.50. The molecule has 0 heterocycles. The van der Waals surface area contributed by atoms with Crippen molar-refractivity contribution in [3.8, 4) is 0 Å². The van der Waals surface area contributed by atoms with E-state index in [4.69, 9.17) is 14.4 Å². The summed E-state index contributed by atoms with van der Waals surface area (Å²) in [5.74, 6) is 0. The molecule has 0 unspecified atom stereocenters. The normalized spacial score (nSPS) is 7.38. The number of unbranched alkanes of at least 4 members (excludes halogenated alkanes) is 3. The Kier molecular flexibility index (Phi) is 56.1. The molecule has 16 heavy (non-hydrogen) atoms. The van der Waals surface area contributed by atoms with Crippen LogP contribution in [0, 0.1) is 0 Å². The Balaban J connectivity index is -0.000000103. The Morgan fingerprint density at radius 2 is 1.56 bits per heavy atom. The van der Waals surface area contributed by atoms with Crippen LogP contribution in [0.3, 0.4) is 0 Å². The summed E-state index contributed by atoms with van der Waals surface area (Å²) >= 11 is 3.68. The zero-order valence-corrected chi connectivity index (χ0v) is 10.4. The third-order valence-electron chi connectivity index (χ3n) is 1.27. The van der Waals surface area contributed by atoms with E-state index in [0.717, 1.165) is 4.47 Å². The fourth-order valence-corrected chi connectivity index (χ4v) is 0.851. The molecule has 0 fully saturated rings. The Morgan fingerprint density at radius 3 is 1.88 bits per heavy atom. The molecule has 0 saturated carbocycles. The van der Waals surface area contributed by atoms with Gasteiger partial charge in [-0.15, -0.1) is 0 Å². The van der Waals surface area contributed by atoms with Gasteiger partial charge in [0.05, 0.1) is 0 Å². The molecule has 4 heteroatoms. The van der Waals surface area contributed by atoms with Gasteiger partial charge in [0.15, 0.2) is 0 Å². The van der Waals surface area contributed by atoms with Crippen LogP contribution in [0.1, 0.15) is 32.6 Å². The quantitative estimate of drug-likeness (QED) is 0.433. The van der Waals surface area contributed by atoms with Crippen molar-refractivity contribution >= 4 is 20.4 Å². The van der Waals surface area contributed by atoms with Crippen LogP contribution in [0.5, 0.6) is 0 Å². The maximum absolute atomic E-state index is 7.50. The molecule has 0 atom stereocenters. The molecule has 6 radical (unpaired) electrons. The van der Waals surface area contributed by atoms with E-state index < -0.39 is 0 Å². The molecule has 0 aliphatic carbocycles. The van der Waals surface area contributed by atoms with Crippen LogP contribution in [-0.2, 0) is 30.4 Å². The maximum Gasteiger partial charge on any atom is 0.281 e. The summed E-state index contributed by atoms with van der Waals surface area (Å²) in [6.07, 6.45) is 9.20. The second-order valence-corrected chi connectivity index (χ2v) is 3.04. The first-order chi connectivity index (χ1) is 7.77. The van der Waals surface area contributed by atoms with E-state index in [2.05, 4.69) is 56.0 Å². The molecule has 0 aromatic rings. The second kappa shape index (κ2) is 37.0. The fourth-order valence-electron chi connectivity index (χ4n) is 0.721. The van der Waals surface area contributed by atoms with Gasteiger partial charge in [-0.25, -0.2) is 0 Å². The molecule has 89 valence electrons. The van der Waals surface area contributed by atoms with Gasteiger partial charge in [-0.1, -0.05) is 0 Å². The van der Waals surface area contributed by atoms with Crippen LogP contribution in [0.15, 0.2) is 23.2 Å². The molecule has 0 aromatic heterocycles.